The second-order valence-electron chi connectivity index (χ2n) is 6.97. The number of aryl methyl sites for hydroxylation is 1. The maximum absolute atomic E-state index is 3.58. The molecule has 1 N–H and O–H groups in total. The molecule has 0 spiro atoms. The van der Waals surface area contributed by atoms with E-state index in [2.05, 4.69) is 97.4 Å². The van der Waals surface area contributed by atoms with Crippen LogP contribution < -0.4 is 0 Å². The zero-order valence-corrected chi connectivity index (χ0v) is 14.9. The number of rotatable bonds is 2. The quantitative estimate of drug-likeness (QED) is 0.395. The molecule has 0 unspecified atom stereocenters. The molecular formula is C25H19N. The highest BCUT2D eigenvalue weighted by Gasteiger charge is 2.14. The number of hydrogen-bond donors (Lipinski definition) is 1. The summed E-state index contributed by atoms with van der Waals surface area (Å²) in [6, 6.07) is 23.7. The van der Waals surface area contributed by atoms with Gasteiger partial charge in [0.25, 0.3) is 0 Å². The lowest BCUT2D eigenvalue weighted by atomic mass is 9.96. The van der Waals surface area contributed by atoms with E-state index in [4.69, 9.17) is 0 Å². The first kappa shape index (κ1) is 15.0. The summed E-state index contributed by atoms with van der Waals surface area (Å²) in [6.45, 7) is 4.31. The van der Waals surface area contributed by atoms with Crippen molar-refractivity contribution in [3.63, 3.8) is 0 Å². The normalized spacial score (nSPS) is 13.8. The van der Waals surface area contributed by atoms with Crippen molar-refractivity contribution in [1.82, 2.24) is 4.98 Å². The van der Waals surface area contributed by atoms with Gasteiger partial charge in [-0.3, -0.25) is 0 Å². The number of allylic oxidation sites excluding steroid dienone is 3. The molecule has 1 heteroatoms. The Morgan fingerprint density at radius 2 is 1.54 bits per heavy atom. The molecule has 1 aliphatic carbocycles. The van der Waals surface area contributed by atoms with Gasteiger partial charge in [-0.2, -0.15) is 0 Å². The van der Waals surface area contributed by atoms with Crippen molar-refractivity contribution < 1.29 is 0 Å². The highest BCUT2D eigenvalue weighted by molar-refractivity contribution is 6.08. The molecule has 4 aromatic rings. The number of aromatic nitrogens is 1. The van der Waals surface area contributed by atoms with Crippen LogP contribution in [0.4, 0.5) is 0 Å². The molecule has 0 radical (unpaired) electrons. The standard InChI is InChI=1S/C25H19N/c1-16-7-3-4-8-20(16)22-15-19(13-17(22)2)18-11-12-25-23(14-18)21-9-5-6-10-24(21)26-25/h3-12,14-15,26H,1-2H3. The Bertz CT molecular complexity index is 1270. The summed E-state index contributed by atoms with van der Waals surface area (Å²) in [4.78, 5) is 3.50. The molecule has 1 aromatic heterocycles. The van der Waals surface area contributed by atoms with Crippen molar-refractivity contribution >= 4 is 33.0 Å². The van der Waals surface area contributed by atoms with Gasteiger partial charge in [0.05, 0.1) is 0 Å². The summed E-state index contributed by atoms with van der Waals surface area (Å²) in [6.07, 6.45) is 2.27. The smallest absolute Gasteiger partial charge is 0.0465 e. The maximum atomic E-state index is 3.58. The maximum Gasteiger partial charge on any atom is 0.0465 e. The lowest BCUT2D eigenvalue weighted by Gasteiger charge is -2.07. The Morgan fingerprint density at radius 1 is 0.769 bits per heavy atom. The summed E-state index contributed by atoms with van der Waals surface area (Å²) in [5.74, 6) is 0. The molecule has 0 atom stereocenters. The Morgan fingerprint density at radius 3 is 2.42 bits per heavy atom. The average molecular weight is 333 g/mol. The van der Waals surface area contributed by atoms with E-state index < -0.39 is 0 Å². The zero-order chi connectivity index (χ0) is 17.7. The van der Waals surface area contributed by atoms with E-state index in [9.17, 15) is 0 Å². The first-order valence-electron chi connectivity index (χ1n) is 8.97. The summed E-state index contributed by atoms with van der Waals surface area (Å²) < 4.78 is 0. The zero-order valence-electron chi connectivity index (χ0n) is 14.9. The largest absolute Gasteiger partial charge is 0.355 e. The van der Waals surface area contributed by atoms with Gasteiger partial charge in [0.2, 0.25) is 0 Å². The molecule has 26 heavy (non-hydrogen) atoms. The lowest BCUT2D eigenvalue weighted by molar-refractivity contribution is 1.41. The van der Waals surface area contributed by atoms with Crippen molar-refractivity contribution in [2.75, 3.05) is 0 Å². The molecular weight excluding hydrogens is 314 g/mol. The molecule has 1 heterocycles. The molecule has 3 aromatic carbocycles. The van der Waals surface area contributed by atoms with Crippen LogP contribution in [0.1, 0.15) is 23.6 Å². The number of aromatic amines is 1. The van der Waals surface area contributed by atoms with E-state index in [0.717, 1.165) is 5.57 Å². The lowest BCUT2D eigenvalue weighted by Crippen LogP contribution is -1.88. The molecule has 0 aliphatic heterocycles. The van der Waals surface area contributed by atoms with Gasteiger partial charge in [0.15, 0.2) is 0 Å². The van der Waals surface area contributed by atoms with Gasteiger partial charge in [0, 0.05) is 27.4 Å². The van der Waals surface area contributed by atoms with Gasteiger partial charge in [-0.25, -0.2) is 0 Å². The SMILES string of the molecule is CC1=C=C(c2ccc3[nH]c4ccccc4c3c2)C=C1c1ccccc1C. The third-order valence-corrected chi connectivity index (χ3v) is 5.27. The van der Waals surface area contributed by atoms with Gasteiger partial charge in [0.1, 0.15) is 0 Å². The number of H-pyrrole nitrogens is 1. The van der Waals surface area contributed by atoms with Gasteiger partial charge < -0.3 is 4.98 Å². The Kier molecular flexibility index (Phi) is 3.25. The molecule has 0 saturated carbocycles. The van der Waals surface area contributed by atoms with E-state index in [1.165, 1.54) is 49.6 Å². The van der Waals surface area contributed by atoms with Crippen LogP contribution in [0.5, 0.6) is 0 Å². The fourth-order valence-corrected chi connectivity index (χ4v) is 3.88. The van der Waals surface area contributed by atoms with Crippen LogP contribution in [0.15, 0.2) is 84.1 Å². The third-order valence-electron chi connectivity index (χ3n) is 5.27. The predicted octanol–water partition coefficient (Wildman–Crippen LogP) is 6.66. The fourth-order valence-electron chi connectivity index (χ4n) is 3.88. The van der Waals surface area contributed by atoms with Crippen LogP contribution in [-0.4, -0.2) is 4.98 Å². The van der Waals surface area contributed by atoms with Crippen LogP contribution >= 0.6 is 0 Å². The minimum atomic E-state index is 1.16. The van der Waals surface area contributed by atoms with Gasteiger partial charge in [-0.05, 0) is 66.0 Å². The highest BCUT2D eigenvalue weighted by Crippen LogP contribution is 2.35. The summed E-state index contributed by atoms with van der Waals surface area (Å²) in [5, 5.41) is 2.54. The van der Waals surface area contributed by atoms with Crippen molar-refractivity contribution in [2.24, 2.45) is 0 Å². The molecule has 1 aliphatic rings. The average Bonchev–Trinajstić information content (AvgIpc) is 3.22. The van der Waals surface area contributed by atoms with Crippen LogP contribution in [0.3, 0.4) is 0 Å². The Labute approximate surface area is 153 Å². The van der Waals surface area contributed by atoms with E-state index in [1.807, 2.05) is 0 Å². The number of hydrogen-bond acceptors (Lipinski definition) is 0. The van der Waals surface area contributed by atoms with Crippen LogP contribution in [0.25, 0.3) is 33.0 Å². The topological polar surface area (TPSA) is 15.8 Å². The predicted molar refractivity (Wildman–Crippen MR) is 111 cm³/mol. The first-order chi connectivity index (χ1) is 12.7. The number of para-hydroxylation sites is 1. The number of nitrogens with one attached hydrogen (secondary N) is 1. The minimum absolute atomic E-state index is 1.16. The van der Waals surface area contributed by atoms with E-state index in [1.54, 1.807) is 0 Å². The van der Waals surface area contributed by atoms with Crippen molar-refractivity contribution in [1.29, 1.82) is 0 Å². The van der Waals surface area contributed by atoms with E-state index in [0.29, 0.717) is 0 Å². The first-order valence-corrected chi connectivity index (χ1v) is 8.97. The third kappa shape index (κ3) is 2.26. The van der Waals surface area contributed by atoms with E-state index in [-0.39, 0.29) is 0 Å². The Balaban J connectivity index is 1.65. The second-order valence-corrected chi connectivity index (χ2v) is 6.97. The Hall–Kier alpha value is -3.28. The number of fused-ring (bicyclic) bond motifs is 3. The second kappa shape index (κ2) is 5.62. The van der Waals surface area contributed by atoms with Gasteiger partial charge >= 0.3 is 0 Å². The van der Waals surface area contributed by atoms with Crippen molar-refractivity contribution in [3.8, 4) is 0 Å². The van der Waals surface area contributed by atoms with Crippen LogP contribution in [-0.2, 0) is 0 Å². The molecule has 0 bridgehead atoms. The fraction of sp³-hybridized carbons (Fsp3) is 0.0800. The summed E-state index contributed by atoms with van der Waals surface area (Å²) in [5.41, 5.74) is 13.4. The number of benzene rings is 3. The highest BCUT2D eigenvalue weighted by atomic mass is 14.7. The summed E-state index contributed by atoms with van der Waals surface area (Å²) in [7, 11) is 0. The minimum Gasteiger partial charge on any atom is -0.355 e. The van der Waals surface area contributed by atoms with Crippen molar-refractivity contribution in [3.05, 3.63) is 101 Å². The molecule has 0 saturated heterocycles. The monoisotopic (exact) mass is 333 g/mol. The van der Waals surface area contributed by atoms with Gasteiger partial charge in [-0.15, -0.1) is 5.73 Å². The summed E-state index contributed by atoms with van der Waals surface area (Å²) >= 11 is 0. The molecule has 5 rings (SSSR count). The molecule has 0 amide bonds. The van der Waals surface area contributed by atoms with E-state index >= 15 is 0 Å². The molecule has 124 valence electrons. The van der Waals surface area contributed by atoms with Crippen molar-refractivity contribution in [2.45, 2.75) is 13.8 Å². The molecule has 0 fully saturated rings. The van der Waals surface area contributed by atoms with Gasteiger partial charge in [-0.1, -0.05) is 48.5 Å². The molecule has 1 nitrogen and oxygen atoms in total. The van der Waals surface area contributed by atoms with Crippen LogP contribution in [0.2, 0.25) is 0 Å². The van der Waals surface area contributed by atoms with Crippen LogP contribution in [0, 0.1) is 6.92 Å².